The van der Waals surface area contributed by atoms with Crippen LogP contribution in [0, 0.1) is 6.92 Å². The summed E-state index contributed by atoms with van der Waals surface area (Å²) >= 11 is 3.39. The van der Waals surface area contributed by atoms with Crippen LogP contribution in [0.1, 0.15) is 12.0 Å². The second-order valence-corrected chi connectivity index (χ2v) is 8.39. The molecule has 1 aromatic heterocycles. The molecule has 0 atom stereocenters. The van der Waals surface area contributed by atoms with E-state index in [4.69, 9.17) is 9.56 Å². The van der Waals surface area contributed by atoms with Gasteiger partial charge in [0.05, 0.1) is 16.1 Å². The van der Waals surface area contributed by atoms with Gasteiger partial charge in [-0.05, 0) is 52.7 Å². The molecule has 27 heavy (non-hydrogen) atoms. The molecule has 0 spiro atoms. The Hall–Kier alpha value is -2.43. The first-order valence-electron chi connectivity index (χ1n) is 7.87. The standard InChI is InChI=1S/C17H16BrN3O5S/c1-10-2-4-13(12(18)8-10)20-16(22)6-7-21-14-5-3-11(27(19,24)25)9-15(14)26-17(21)23/h2-5,8-9H,6-7H2,1H3,(H,20,22)(H2,19,24,25). The van der Waals surface area contributed by atoms with E-state index in [0.29, 0.717) is 11.2 Å². The Bertz CT molecular complexity index is 1200. The van der Waals surface area contributed by atoms with E-state index in [1.54, 1.807) is 6.07 Å². The number of aryl methyl sites for hydroxylation is 2. The molecule has 0 saturated carbocycles. The zero-order valence-electron chi connectivity index (χ0n) is 14.2. The molecule has 10 heteroatoms. The van der Waals surface area contributed by atoms with Gasteiger partial charge in [0.2, 0.25) is 15.9 Å². The van der Waals surface area contributed by atoms with Crippen LogP contribution < -0.4 is 16.2 Å². The molecule has 2 aromatic carbocycles. The summed E-state index contributed by atoms with van der Waals surface area (Å²) in [4.78, 5) is 24.1. The maximum absolute atomic E-state index is 12.2. The van der Waals surface area contributed by atoms with Gasteiger partial charge in [-0.25, -0.2) is 18.4 Å². The summed E-state index contributed by atoms with van der Waals surface area (Å²) in [6.07, 6.45) is 0.0335. The van der Waals surface area contributed by atoms with Crippen LogP contribution in [0.4, 0.5) is 5.69 Å². The SMILES string of the molecule is Cc1ccc(NC(=O)CCn2c(=O)oc3cc(S(N)(=O)=O)ccc32)c(Br)c1. The minimum atomic E-state index is -3.91. The molecule has 8 nitrogen and oxygen atoms in total. The monoisotopic (exact) mass is 453 g/mol. The summed E-state index contributed by atoms with van der Waals surface area (Å²) in [5.74, 6) is -0.956. The number of amides is 1. The number of hydrogen-bond acceptors (Lipinski definition) is 5. The van der Waals surface area contributed by atoms with Gasteiger partial charge in [0.25, 0.3) is 0 Å². The summed E-state index contributed by atoms with van der Waals surface area (Å²) in [6.45, 7) is 2.02. The lowest BCUT2D eigenvalue weighted by atomic mass is 10.2. The normalized spacial score (nSPS) is 11.7. The molecule has 1 amide bonds. The number of primary sulfonamides is 1. The van der Waals surface area contributed by atoms with Crippen molar-refractivity contribution in [2.75, 3.05) is 5.32 Å². The van der Waals surface area contributed by atoms with Gasteiger partial charge in [-0.3, -0.25) is 9.36 Å². The Kier molecular flexibility index (Phi) is 5.22. The van der Waals surface area contributed by atoms with Crippen molar-refractivity contribution in [3.8, 4) is 0 Å². The number of benzene rings is 2. The second-order valence-electron chi connectivity index (χ2n) is 5.98. The van der Waals surface area contributed by atoms with Crippen LogP contribution in [0.2, 0.25) is 0 Å². The molecule has 0 radical (unpaired) electrons. The summed E-state index contributed by atoms with van der Waals surface area (Å²) in [5.41, 5.74) is 2.16. The Morgan fingerprint density at radius 3 is 2.67 bits per heavy atom. The third kappa shape index (κ3) is 4.29. The van der Waals surface area contributed by atoms with Gasteiger partial charge in [0, 0.05) is 23.5 Å². The quantitative estimate of drug-likeness (QED) is 0.613. The van der Waals surface area contributed by atoms with Crippen molar-refractivity contribution >= 4 is 48.6 Å². The van der Waals surface area contributed by atoms with Crippen LogP contribution in [0.15, 0.2) is 55.0 Å². The highest BCUT2D eigenvalue weighted by Gasteiger charge is 2.15. The topological polar surface area (TPSA) is 124 Å². The van der Waals surface area contributed by atoms with E-state index in [1.807, 2.05) is 19.1 Å². The number of carbonyl (C=O) groups is 1. The van der Waals surface area contributed by atoms with Crippen molar-refractivity contribution < 1.29 is 17.6 Å². The van der Waals surface area contributed by atoms with Gasteiger partial charge in [-0.15, -0.1) is 0 Å². The fraction of sp³-hybridized carbons (Fsp3) is 0.176. The van der Waals surface area contributed by atoms with Gasteiger partial charge < -0.3 is 9.73 Å². The molecule has 0 fully saturated rings. The van der Waals surface area contributed by atoms with Crippen molar-refractivity contribution in [3.05, 3.63) is 57.0 Å². The van der Waals surface area contributed by atoms with Gasteiger partial charge in [-0.1, -0.05) is 6.07 Å². The number of rotatable bonds is 5. The number of nitrogens with zero attached hydrogens (tertiary/aromatic N) is 1. The molecule has 0 aliphatic heterocycles. The lowest BCUT2D eigenvalue weighted by Crippen LogP contribution is -2.20. The van der Waals surface area contributed by atoms with E-state index in [0.717, 1.165) is 10.0 Å². The molecular formula is C17H16BrN3O5S. The van der Waals surface area contributed by atoms with Crippen LogP contribution in [0.25, 0.3) is 11.1 Å². The lowest BCUT2D eigenvalue weighted by molar-refractivity contribution is -0.116. The molecule has 0 saturated heterocycles. The number of hydrogen-bond donors (Lipinski definition) is 2. The number of halogens is 1. The molecule has 0 aliphatic rings. The van der Waals surface area contributed by atoms with Crippen molar-refractivity contribution in [3.63, 3.8) is 0 Å². The van der Waals surface area contributed by atoms with Gasteiger partial charge in [0.15, 0.2) is 5.58 Å². The summed E-state index contributed by atoms with van der Waals surface area (Å²) in [6, 6.07) is 9.43. The van der Waals surface area contributed by atoms with Crippen LogP contribution in [-0.4, -0.2) is 18.9 Å². The second kappa shape index (κ2) is 7.29. The third-order valence-electron chi connectivity index (χ3n) is 3.93. The van der Waals surface area contributed by atoms with E-state index in [2.05, 4.69) is 21.2 Å². The van der Waals surface area contributed by atoms with Gasteiger partial charge in [-0.2, -0.15) is 0 Å². The molecule has 3 rings (SSSR count). The summed E-state index contributed by atoms with van der Waals surface area (Å²) in [5, 5.41) is 7.84. The summed E-state index contributed by atoms with van der Waals surface area (Å²) < 4.78 is 29.9. The highest BCUT2D eigenvalue weighted by Crippen LogP contribution is 2.23. The van der Waals surface area contributed by atoms with E-state index in [1.165, 1.54) is 22.8 Å². The highest BCUT2D eigenvalue weighted by atomic mass is 79.9. The Balaban J connectivity index is 1.77. The molecule has 1 heterocycles. The molecule has 3 aromatic rings. The molecule has 0 bridgehead atoms. The van der Waals surface area contributed by atoms with Crippen molar-refractivity contribution in [2.45, 2.75) is 24.8 Å². The van der Waals surface area contributed by atoms with Crippen molar-refractivity contribution in [1.82, 2.24) is 4.57 Å². The fourth-order valence-corrected chi connectivity index (χ4v) is 3.70. The number of aromatic nitrogens is 1. The predicted molar refractivity (Wildman–Crippen MR) is 104 cm³/mol. The minimum absolute atomic E-state index is 0.0335. The first-order valence-corrected chi connectivity index (χ1v) is 10.2. The highest BCUT2D eigenvalue weighted by molar-refractivity contribution is 9.10. The number of fused-ring (bicyclic) bond motifs is 1. The minimum Gasteiger partial charge on any atom is -0.408 e. The average molecular weight is 454 g/mol. The number of oxazole rings is 1. The van der Waals surface area contributed by atoms with Crippen molar-refractivity contribution in [1.29, 1.82) is 0 Å². The smallest absolute Gasteiger partial charge is 0.408 e. The molecule has 0 aliphatic carbocycles. The van der Waals surface area contributed by atoms with Crippen LogP contribution in [0.3, 0.4) is 0 Å². The average Bonchev–Trinajstić information content (AvgIpc) is 2.89. The van der Waals surface area contributed by atoms with E-state index >= 15 is 0 Å². The van der Waals surface area contributed by atoms with Crippen molar-refractivity contribution in [2.24, 2.45) is 5.14 Å². The zero-order chi connectivity index (χ0) is 19.8. The molecule has 3 N–H and O–H groups in total. The van der Waals surface area contributed by atoms with E-state index in [-0.39, 0.29) is 29.4 Å². The predicted octanol–water partition coefficient (Wildman–Crippen LogP) is 2.34. The van der Waals surface area contributed by atoms with Gasteiger partial charge >= 0.3 is 5.76 Å². The number of anilines is 1. The van der Waals surface area contributed by atoms with Crippen LogP contribution >= 0.6 is 15.9 Å². The van der Waals surface area contributed by atoms with E-state index < -0.39 is 15.8 Å². The summed E-state index contributed by atoms with van der Waals surface area (Å²) in [7, 11) is -3.91. The van der Waals surface area contributed by atoms with E-state index in [9.17, 15) is 18.0 Å². The maximum atomic E-state index is 12.2. The fourth-order valence-electron chi connectivity index (χ4n) is 2.58. The number of nitrogens with two attached hydrogens (primary N) is 1. The number of nitrogens with one attached hydrogen (secondary N) is 1. The Labute approximate surface area is 163 Å². The maximum Gasteiger partial charge on any atom is 0.419 e. The zero-order valence-corrected chi connectivity index (χ0v) is 16.6. The molecule has 0 unspecified atom stereocenters. The molecular weight excluding hydrogens is 438 g/mol. The van der Waals surface area contributed by atoms with Crippen LogP contribution in [-0.2, 0) is 21.4 Å². The first-order chi connectivity index (χ1) is 12.6. The number of sulfonamides is 1. The van der Waals surface area contributed by atoms with Gasteiger partial charge in [0.1, 0.15) is 0 Å². The van der Waals surface area contributed by atoms with Crippen LogP contribution in [0.5, 0.6) is 0 Å². The largest absolute Gasteiger partial charge is 0.419 e. The number of carbonyl (C=O) groups excluding carboxylic acids is 1. The lowest BCUT2D eigenvalue weighted by Gasteiger charge is -2.08. The Morgan fingerprint density at radius 1 is 1.26 bits per heavy atom. The Morgan fingerprint density at radius 2 is 2.00 bits per heavy atom. The molecule has 142 valence electrons. The first kappa shape index (κ1) is 19.3. The third-order valence-corrected chi connectivity index (χ3v) is 5.50.